The molecule has 0 spiro atoms. The second-order valence-corrected chi connectivity index (χ2v) is 6.54. The second kappa shape index (κ2) is 7.53. The second-order valence-electron chi connectivity index (χ2n) is 5.42. The fraction of sp³-hybridized carbons (Fsp3) is 0.333. The summed E-state index contributed by atoms with van der Waals surface area (Å²) in [6.07, 6.45) is 0. The first-order valence-electron chi connectivity index (χ1n) is 7.23. The lowest BCUT2D eigenvalue weighted by Crippen LogP contribution is -2.22. The zero-order chi connectivity index (χ0) is 15.2. The SMILES string of the molecule is COc1ccc(Sc2ccc(C)cc2CNC(C)C)cc1. The van der Waals surface area contributed by atoms with E-state index in [-0.39, 0.29) is 0 Å². The van der Waals surface area contributed by atoms with E-state index in [1.807, 2.05) is 12.1 Å². The van der Waals surface area contributed by atoms with Crippen molar-refractivity contribution in [1.82, 2.24) is 5.32 Å². The zero-order valence-corrected chi connectivity index (χ0v) is 14.0. The quantitative estimate of drug-likeness (QED) is 0.839. The Morgan fingerprint density at radius 2 is 1.81 bits per heavy atom. The predicted molar refractivity (Wildman–Crippen MR) is 90.3 cm³/mol. The Labute approximate surface area is 131 Å². The largest absolute Gasteiger partial charge is 0.497 e. The Morgan fingerprint density at radius 3 is 2.43 bits per heavy atom. The molecule has 0 amide bonds. The predicted octanol–water partition coefficient (Wildman–Crippen LogP) is 4.65. The van der Waals surface area contributed by atoms with Crippen molar-refractivity contribution in [2.24, 2.45) is 0 Å². The minimum atomic E-state index is 0.490. The van der Waals surface area contributed by atoms with E-state index in [2.05, 4.69) is 56.4 Å². The van der Waals surface area contributed by atoms with Gasteiger partial charge in [-0.3, -0.25) is 0 Å². The van der Waals surface area contributed by atoms with Crippen molar-refractivity contribution in [2.75, 3.05) is 7.11 Å². The molecule has 0 aliphatic heterocycles. The maximum Gasteiger partial charge on any atom is 0.118 e. The highest BCUT2D eigenvalue weighted by Crippen LogP contribution is 2.32. The zero-order valence-electron chi connectivity index (χ0n) is 13.1. The van der Waals surface area contributed by atoms with Crippen LogP contribution in [0.5, 0.6) is 5.75 Å². The monoisotopic (exact) mass is 301 g/mol. The highest BCUT2D eigenvalue weighted by atomic mass is 32.2. The molecule has 112 valence electrons. The van der Waals surface area contributed by atoms with E-state index in [1.54, 1.807) is 18.9 Å². The molecule has 0 fully saturated rings. The van der Waals surface area contributed by atoms with Gasteiger partial charge in [0.2, 0.25) is 0 Å². The van der Waals surface area contributed by atoms with E-state index >= 15 is 0 Å². The van der Waals surface area contributed by atoms with Crippen molar-refractivity contribution in [3.63, 3.8) is 0 Å². The summed E-state index contributed by atoms with van der Waals surface area (Å²) in [5.41, 5.74) is 2.65. The van der Waals surface area contributed by atoms with E-state index < -0.39 is 0 Å². The van der Waals surface area contributed by atoms with Gasteiger partial charge in [-0.05, 0) is 42.8 Å². The number of benzene rings is 2. The number of hydrogen-bond donors (Lipinski definition) is 1. The molecule has 2 aromatic rings. The van der Waals surface area contributed by atoms with Crippen molar-refractivity contribution >= 4 is 11.8 Å². The third-order valence-corrected chi connectivity index (χ3v) is 4.33. The van der Waals surface area contributed by atoms with E-state index in [9.17, 15) is 0 Å². The molecule has 0 aliphatic carbocycles. The van der Waals surface area contributed by atoms with E-state index in [0.29, 0.717) is 6.04 Å². The minimum absolute atomic E-state index is 0.490. The maximum atomic E-state index is 5.20. The van der Waals surface area contributed by atoms with Gasteiger partial charge in [-0.25, -0.2) is 0 Å². The Hall–Kier alpha value is -1.45. The highest BCUT2D eigenvalue weighted by molar-refractivity contribution is 7.99. The molecule has 0 saturated heterocycles. The van der Waals surface area contributed by atoms with Gasteiger partial charge in [0.25, 0.3) is 0 Å². The van der Waals surface area contributed by atoms with Gasteiger partial charge in [0.15, 0.2) is 0 Å². The molecule has 0 saturated carbocycles. The van der Waals surface area contributed by atoms with E-state index in [0.717, 1.165) is 12.3 Å². The molecule has 2 aromatic carbocycles. The average Bonchev–Trinajstić information content (AvgIpc) is 2.48. The van der Waals surface area contributed by atoms with Crippen molar-refractivity contribution in [3.8, 4) is 5.75 Å². The topological polar surface area (TPSA) is 21.3 Å². The molecule has 0 radical (unpaired) electrons. The van der Waals surface area contributed by atoms with Crippen LogP contribution >= 0.6 is 11.8 Å². The maximum absolute atomic E-state index is 5.20. The van der Waals surface area contributed by atoms with Crippen LogP contribution in [0.15, 0.2) is 52.3 Å². The van der Waals surface area contributed by atoms with Crippen molar-refractivity contribution in [3.05, 3.63) is 53.6 Å². The average molecular weight is 301 g/mol. The molecule has 2 nitrogen and oxygen atoms in total. The Morgan fingerprint density at radius 1 is 1.10 bits per heavy atom. The highest BCUT2D eigenvalue weighted by Gasteiger charge is 2.06. The molecule has 0 aliphatic rings. The summed E-state index contributed by atoms with van der Waals surface area (Å²) in [4.78, 5) is 2.53. The first-order valence-corrected chi connectivity index (χ1v) is 8.05. The van der Waals surface area contributed by atoms with Crippen LogP contribution in [0.2, 0.25) is 0 Å². The molecule has 2 rings (SSSR count). The number of hydrogen-bond acceptors (Lipinski definition) is 3. The van der Waals surface area contributed by atoms with Crippen LogP contribution < -0.4 is 10.1 Å². The van der Waals surface area contributed by atoms with Gasteiger partial charge in [-0.15, -0.1) is 0 Å². The molecule has 21 heavy (non-hydrogen) atoms. The standard InChI is InChI=1S/C18H23NOS/c1-13(2)19-12-15-11-14(3)5-10-18(15)21-17-8-6-16(20-4)7-9-17/h5-11,13,19H,12H2,1-4H3. The Kier molecular flexibility index (Phi) is 5.71. The van der Waals surface area contributed by atoms with Crippen LogP contribution in [0, 0.1) is 6.92 Å². The third-order valence-electron chi connectivity index (χ3n) is 3.20. The fourth-order valence-corrected chi connectivity index (χ4v) is 2.96. The first kappa shape index (κ1) is 15.9. The summed E-state index contributed by atoms with van der Waals surface area (Å²) in [5.74, 6) is 0.893. The smallest absolute Gasteiger partial charge is 0.118 e. The summed E-state index contributed by atoms with van der Waals surface area (Å²) >= 11 is 1.80. The summed E-state index contributed by atoms with van der Waals surface area (Å²) in [5, 5.41) is 3.50. The van der Waals surface area contributed by atoms with Gasteiger partial charge in [0, 0.05) is 22.4 Å². The van der Waals surface area contributed by atoms with Crippen LogP contribution in [0.3, 0.4) is 0 Å². The molecule has 0 aromatic heterocycles. The van der Waals surface area contributed by atoms with Crippen LogP contribution in [-0.2, 0) is 6.54 Å². The van der Waals surface area contributed by atoms with Gasteiger partial charge in [0.1, 0.15) is 5.75 Å². The number of ether oxygens (including phenoxy) is 1. The Balaban J connectivity index is 2.17. The van der Waals surface area contributed by atoms with Crippen molar-refractivity contribution < 1.29 is 4.74 Å². The lowest BCUT2D eigenvalue weighted by atomic mass is 10.1. The van der Waals surface area contributed by atoms with E-state index in [1.165, 1.54) is 20.9 Å². The number of methoxy groups -OCH3 is 1. The normalized spacial score (nSPS) is 10.9. The summed E-state index contributed by atoms with van der Waals surface area (Å²) in [6, 6.07) is 15.3. The fourth-order valence-electron chi connectivity index (χ4n) is 2.03. The Bertz CT molecular complexity index is 578. The molecular formula is C18H23NOS. The lowest BCUT2D eigenvalue weighted by molar-refractivity contribution is 0.414. The van der Waals surface area contributed by atoms with Gasteiger partial charge in [-0.2, -0.15) is 0 Å². The van der Waals surface area contributed by atoms with Crippen molar-refractivity contribution in [1.29, 1.82) is 0 Å². The van der Waals surface area contributed by atoms with E-state index in [4.69, 9.17) is 4.74 Å². The molecule has 0 heterocycles. The van der Waals surface area contributed by atoms with Gasteiger partial charge in [0.05, 0.1) is 7.11 Å². The van der Waals surface area contributed by atoms with Gasteiger partial charge in [-0.1, -0.05) is 43.3 Å². The summed E-state index contributed by atoms with van der Waals surface area (Å²) < 4.78 is 5.20. The molecule has 0 atom stereocenters. The molecule has 3 heteroatoms. The van der Waals surface area contributed by atoms with Crippen LogP contribution in [0.1, 0.15) is 25.0 Å². The molecule has 0 unspecified atom stereocenters. The minimum Gasteiger partial charge on any atom is -0.497 e. The molecule has 1 N–H and O–H groups in total. The van der Waals surface area contributed by atoms with Crippen LogP contribution in [0.4, 0.5) is 0 Å². The number of rotatable bonds is 6. The van der Waals surface area contributed by atoms with Crippen LogP contribution in [0.25, 0.3) is 0 Å². The molecular weight excluding hydrogens is 278 g/mol. The molecule has 0 bridgehead atoms. The van der Waals surface area contributed by atoms with Crippen LogP contribution in [-0.4, -0.2) is 13.2 Å². The first-order chi connectivity index (χ1) is 10.1. The van der Waals surface area contributed by atoms with Crippen molar-refractivity contribution in [2.45, 2.75) is 43.1 Å². The van der Waals surface area contributed by atoms with Gasteiger partial charge >= 0.3 is 0 Å². The summed E-state index contributed by atoms with van der Waals surface area (Å²) in [6.45, 7) is 7.39. The summed E-state index contributed by atoms with van der Waals surface area (Å²) in [7, 11) is 1.69. The third kappa shape index (κ3) is 4.80. The number of nitrogens with one attached hydrogen (secondary N) is 1. The van der Waals surface area contributed by atoms with Gasteiger partial charge < -0.3 is 10.1 Å². The number of aryl methyl sites for hydroxylation is 1. The lowest BCUT2D eigenvalue weighted by Gasteiger charge is -2.13.